The zero-order valence-electron chi connectivity index (χ0n) is 13.3. The number of nitrogens with two attached hydrogens (primary N) is 1. The van der Waals surface area contributed by atoms with Gasteiger partial charge in [-0.2, -0.15) is 0 Å². The Morgan fingerprint density at radius 2 is 2.14 bits per heavy atom. The summed E-state index contributed by atoms with van der Waals surface area (Å²) in [6.07, 6.45) is 6.73. The molecule has 7 heteroatoms. The van der Waals surface area contributed by atoms with Crippen LogP contribution in [-0.2, 0) is 24.2 Å². The van der Waals surface area contributed by atoms with Gasteiger partial charge in [0.25, 0.3) is 0 Å². The maximum absolute atomic E-state index is 5.92. The van der Waals surface area contributed by atoms with Crippen LogP contribution in [0, 0.1) is 0 Å². The van der Waals surface area contributed by atoms with Crippen molar-refractivity contribution in [2.75, 3.05) is 13.7 Å². The van der Waals surface area contributed by atoms with Crippen LogP contribution < -0.4 is 5.73 Å². The van der Waals surface area contributed by atoms with E-state index in [1.165, 1.54) is 0 Å². The normalized spacial score (nSPS) is 21.0. The van der Waals surface area contributed by atoms with Crippen molar-refractivity contribution >= 4 is 0 Å². The van der Waals surface area contributed by atoms with Gasteiger partial charge < -0.3 is 19.6 Å². The van der Waals surface area contributed by atoms with E-state index in [0.29, 0.717) is 25.1 Å². The van der Waals surface area contributed by atoms with Gasteiger partial charge in [-0.1, -0.05) is 6.92 Å². The Kier molecular flexibility index (Phi) is 4.54. The molecule has 1 saturated carbocycles. The van der Waals surface area contributed by atoms with Gasteiger partial charge in [0.15, 0.2) is 5.82 Å². The molecule has 0 bridgehead atoms. The lowest BCUT2D eigenvalue weighted by atomic mass is 9.80. The van der Waals surface area contributed by atoms with E-state index >= 15 is 0 Å². The number of rotatable bonds is 7. The van der Waals surface area contributed by atoms with Gasteiger partial charge in [0.05, 0.1) is 13.2 Å². The molecule has 1 aliphatic rings. The third-order valence-corrected chi connectivity index (χ3v) is 4.34. The second kappa shape index (κ2) is 6.58. The maximum atomic E-state index is 5.92. The lowest BCUT2D eigenvalue weighted by Gasteiger charge is -2.31. The number of nitrogens with zero attached hydrogens (tertiary/aromatic N) is 5. The molecule has 0 saturated heterocycles. The van der Waals surface area contributed by atoms with Gasteiger partial charge in [-0.3, -0.25) is 0 Å². The summed E-state index contributed by atoms with van der Waals surface area (Å²) in [7, 11) is 1.72. The maximum Gasteiger partial charge on any atom is 0.153 e. The van der Waals surface area contributed by atoms with Crippen molar-refractivity contribution in [1.29, 1.82) is 0 Å². The van der Waals surface area contributed by atoms with E-state index in [-0.39, 0.29) is 0 Å². The second-order valence-corrected chi connectivity index (χ2v) is 5.87. The number of methoxy groups -OCH3 is 1. The van der Waals surface area contributed by atoms with E-state index in [1.807, 2.05) is 12.4 Å². The van der Waals surface area contributed by atoms with Crippen molar-refractivity contribution in [3.05, 3.63) is 29.9 Å². The molecule has 1 aliphatic carbocycles. The Labute approximate surface area is 130 Å². The molecule has 2 heterocycles. The van der Waals surface area contributed by atoms with Crippen LogP contribution in [0.5, 0.6) is 0 Å². The Bertz CT molecular complexity index is 613. The van der Waals surface area contributed by atoms with Crippen LogP contribution in [0.4, 0.5) is 0 Å². The first-order valence-electron chi connectivity index (χ1n) is 7.89. The molecule has 1 fully saturated rings. The largest absolute Gasteiger partial charge is 0.383 e. The zero-order valence-corrected chi connectivity index (χ0v) is 13.3. The van der Waals surface area contributed by atoms with Gasteiger partial charge in [-0.15, -0.1) is 10.2 Å². The molecule has 2 aromatic heterocycles. The quantitative estimate of drug-likeness (QED) is 0.823. The fraction of sp³-hybridized carbons (Fsp3) is 0.667. The van der Waals surface area contributed by atoms with Crippen molar-refractivity contribution in [2.24, 2.45) is 5.73 Å². The van der Waals surface area contributed by atoms with E-state index in [0.717, 1.165) is 43.3 Å². The first kappa shape index (κ1) is 15.2. The molecule has 0 aromatic carbocycles. The number of aryl methyl sites for hydroxylation is 1. The molecule has 120 valence electrons. The monoisotopic (exact) mass is 304 g/mol. The number of hydrogen-bond acceptors (Lipinski definition) is 5. The zero-order chi connectivity index (χ0) is 15.5. The summed E-state index contributed by atoms with van der Waals surface area (Å²) in [6.45, 7) is 4.23. The van der Waals surface area contributed by atoms with Crippen molar-refractivity contribution in [3.8, 4) is 0 Å². The lowest BCUT2D eigenvalue weighted by molar-refractivity contribution is 0.183. The summed E-state index contributed by atoms with van der Waals surface area (Å²) >= 11 is 0. The molecule has 0 radical (unpaired) electrons. The summed E-state index contributed by atoms with van der Waals surface area (Å²) in [5, 5.41) is 8.84. The number of aromatic nitrogens is 5. The fourth-order valence-electron chi connectivity index (χ4n) is 3.02. The van der Waals surface area contributed by atoms with E-state index in [9.17, 15) is 0 Å². The van der Waals surface area contributed by atoms with Gasteiger partial charge in [-0.25, -0.2) is 4.98 Å². The highest BCUT2D eigenvalue weighted by Gasteiger charge is 2.32. The van der Waals surface area contributed by atoms with Crippen molar-refractivity contribution < 1.29 is 4.74 Å². The average molecular weight is 304 g/mol. The van der Waals surface area contributed by atoms with Crippen molar-refractivity contribution in [3.63, 3.8) is 0 Å². The Hall–Kier alpha value is -1.73. The summed E-state index contributed by atoms with van der Waals surface area (Å²) in [5.41, 5.74) is 5.92. The Morgan fingerprint density at radius 1 is 1.32 bits per heavy atom. The minimum absolute atomic E-state index is 0.307. The molecule has 0 spiro atoms. The van der Waals surface area contributed by atoms with E-state index < -0.39 is 0 Å². The van der Waals surface area contributed by atoms with Crippen molar-refractivity contribution in [2.45, 2.75) is 51.2 Å². The number of imidazole rings is 1. The van der Waals surface area contributed by atoms with Crippen LogP contribution in [0.1, 0.15) is 43.2 Å². The van der Waals surface area contributed by atoms with Crippen LogP contribution >= 0.6 is 0 Å². The fourth-order valence-corrected chi connectivity index (χ4v) is 3.02. The number of hydrogen-bond donors (Lipinski definition) is 1. The molecule has 22 heavy (non-hydrogen) atoms. The third kappa shape index (κ3) is 2.91. The third-order valence-electron chi connectivity index (χ3n) is 4.34. The van der Waals surface area contributed by atoms with E-state index in [2.05, 4.69) is 31.2 Å². The standard InChI is InChI=1S/C15H24N6O/c1-3-13-17-4-5-20(13)10-14-18-19-15(11-8-12(16)9-11)21(14)6-7-22-2/h4-5,11-12H,3,6-10,16H2,1-2H3. The summed E-state index contributed by atoms with van der Waals surface area (Å²) < 4.78 is 9.56. The topological polar surface area (TPSA) is 83.8 Å². The first-order chi connectivity index (χ1) is 10.7. The minimum atomic E-state index is 0.307. The van der Waals surface area contributed by atoms with Gasteiger partial charge in [-0.05, 0) is 12.8 Å². The molecule has 0 atom stereocenters. The van der Waals surface area contributed by atoms with Crippen LogP contribution in [0.25, 0.3) is 0 Å². The molecule has 2 aromatic rings. The van der Waals surface area contributed by atoms with Crippen LogP contribution in [0.3, 0.4) is 0 Å². The smallest absolute Gasteiger partial charge is 0.153 e. The van der Waals surface area contributed by atoms with Crippen molar-refractivity contribution in [1.82, 2.24) is 24.3 Å². The molecular weight excluding hydrogens is 280 g/mol. The summed E-state index contributed by atoms with van der Waals surface area (Å²) in [5.74, 6) is 3.50. The molecule has 2 N–H and O–H groups in total. The molecule has 0 amide bonds. The number of ether oxygens (including phenoxy) is 1. The predicted octanol–water partition coefficient (Wildman–Crippen LogP) is 0.936. The molecule has 0 unspecified atom stereocenters. The van der Waals surface area contributed by atoms with Gasteiger partial charge in [0, 0.05) is 44.4 Å². The van der Waals surface area contributed by atoms with Gasteiger partial charge in [0.2, 0.25) is 0 Å². The second-order valence-electron chi connectivity index (χ2n) is 5.87. The van der Waals surface area contributed by atoms with Gasteiger partial charge in [0.1, 0.15) is 11.6 Å². The van der Waals surface area contributed by atoms with E-state index in [1.54, 1.807) is 7.11 Å². The highest BCUT2D eigenvalue weighted by atomic mass is 16.5. The SMILES string of the molecule is CCc1nccn1Cc1nnc(C2CC(N)C2)n1CCOC. The highest BCUT2D eigenvalue weighted by Crippen LogP contribution is 2.34. The summed E-state index contributed by atoms with van der Waals surface area (Å²) in [4.78, 5) is 4.37. The average Bonchev–Trinajstić information content (AvgIpc) is 3.09. The lowest BCUT2D eigenvalue weighted by Crippen LogP contribution is -2.36. The Balaban J connectivity index is 1.83. The van der Waals surface area contributed by atoms with E-state index in [4.69, 9.17) is 10.5 Å². The molecule has 0 aliphatic heterocycles. The minimum Gasteiger partial charge on any atom is -0.383 e. The molecule has 3 rings (SSSR count). The highest BCUT2D eigenvalue weighted by molar-refractivity contribution is 5.09. The van der Waals surface area contributed by atoms with Crippen LogP contribution in [0.15, 0.2) is 12.4 Å². The summed E-state index contributed by atoms with van der Waals surface area (Å²) in [6, 6.07) is 0.307. The first-order valence-corrected chi connectivity index (χ1v) is 7.89. The molecular formula is C15H24N6O. The van der Waals surface area contributed by atoms with Crippen LogP contribution in [0.2, 0.25) is 0 Å². The van der Waals surface area contributed by atoms with Crippen LogP contribution in [-0.4, -0.2) is 44.1 Å². The van der Waals surface area contributed by atoms with Gasteiger partial charge >= 0.3 is 0 Å². The Morgan fingerprint density at radius 3 is 2.82 bits per heavy atom. The molecule has 7 nitrogen and oxygen atoms in total. The predicted molar refractivity (Wildman–Crippen MR) is 82.6 cm³/mol.